The number of aromatic amines is 1. The van der Waals surface area contributed by atoms with Crippen molar-refractivity contribution in [2.75, 3.05) is 0 Å². The standard InChI is InChI=1S/C26H28ClN3O2/c1-4-26(12-13-26)22(31)11-9-17-8-10-21(27)20(14-17)24-28-23(29-25(32)30-24)19-7-5-6-18(15-19)16(2)3/h5-8,10,14-16H,4,9,11-13H2,1-3H3,(H,28,29,30,32). The Morgan fingerprint density at radius 1 is 1.16 bits per heavy atom. The second-order valence-electron chi connectivity index (χ2n) is 8.98. The van der Waals surface area contributed by atoms with Crippen molar-refractivity contribution in [2.45, 2.75) is 58.8 Å². The van der Waals surface area contributed by atoms with Gasteiger partial charge in [0.25, 0.3) is 0 Å². The number of hydrogen-bond acceptors (Lipinski definition) is 4. The summed E-state index contributed by atoms with van der Waals surface area (Å²) in [4.78, 5) is 36.3. The van der Waals surface area contributed by atoms with Crippen molar-refractivity contribution in [3.05, 3.63) is 69.1 Å². The number of ketones is 1. The van der Waals surface area contributed by atoms with Gasteiger partial charge in [0.05, 0.1) is 5.02 Å². The van der Waals surface area contributed by atoms with Crippen molar-refractivity contribution in [3.8, 4) is 22.8 Å². The van der Waals surface area contributed by atoms with Crippen LogP contribution in [0.3, 0.4) is 0 Å². The van der Waals surface area contributed by atoms with E-state index in [2.05, 4.69) is 35.7 Å². The molecule has 6 heteroatoms. The fourth-order valence-electron chi connectivity index (χ4n) is 4.09. The number of nitrogens with one attached hydrogen (secondary N) is 1. The Morgan fingerprint density at radius 2 is 1.94 bits per heavy atom. The second-order valence-corrected chi connectivity index (χ2v) is 9.38. The summed E-state index contributed by atoms with van der Waals surface area (Å²) in [5.41, 5.74) is 3.01. The summed E-state index contributed by atoms with van der Waals surface area (Å²) >= 11 is 6.47. The highest BCUT2D eigenvalue weighted by atomic mass is 35.5. The Morgan fingerprint density at radius 3 is 2.62 bits per heavy atom. The van der Waals surface area contributed by atoms with Crippen molar-refractivity contribution in [1.82, 2.24) is 15.0 Å². The second kappa shape index (κ2) is 8.99. The molecule has 1 aliphatic rings. The molecule has 5 nitrogen and oxygen atoms in total. The molecule has 1 aliphatic carbocycles. The number of benzene rings is 2. The van der Waals surface area contributed by atoms with Gasteiger partial charge in [-0.15, -0.1) is 0 Å². The fraction of sp³-hybridized carbons (Fsp3) is 0.385. The maximum absolute atomic E-state index is 12.6. The van der Waals surface area contributed by atoms with Crippen LogP contribution >= 0.6 is 11.6 Å². The first-order valence-electron chi connectivity index (χ1n) is 11.2. The molecule has 0 unspecified atom stereocenters. The zero-order valence-corrected chi connectivity index (χ0v) is 19.5. The molecule has 1 saturated carbocycles. The molecule has 1 heterocycles. The number of carbonyl (C=O) groups excluding carboxylic acids is 1. The van der Waals surface area contributed by atoms with Crippen LogP contribution in [0.25, 0.3) is 22.8 Å². The van der Waals surface area contributed by atoms with Crippen LogP contribution in [0.15, 0.2) is 47.3 Å². The highest BCUT2D eigenvalue weighted by Crippen LogP contribution is 2.50. The first-order chi connectivity index (χ1) is 15.3. The lowest BCUT2D eigenvalue weighted by molar-refractivity contribution is -0.124. The van der Waals surface area contributed by atoms with Crippen LogP contribution in [0, 0.1) is 5.41 Å². The van der Waals surface area contributed by atoms with Crippen molar-refractivity contribution in [3.63, 3.8) is 0 Å². The number of rotatable bonds is 8. The van der Waals surface area contributed by atoms with E-state index in [1.807, 2.05) is 36.4 Å². The predicted octanol–water partition coefficient (Wildman–Crippen LogP) is 5.97. The Kier molecular flexibility index (Phi) is 6.29. The van der Waals surface area contributed by atoms with E-state index in [0.717, 1.165) is 36.0 Å². The highest BCUT2D eigenvalue weighted by Gasteiger charge is 2.46. The number of halogens is 1. The van der Waals surface area contributed by atoms with Crippen molar-refractivity contribution < 1.29 is 4.79 Å². The minimum atomic E-state index is -0.477. The van der Waals surface area contributed by atoms with Crippen LogP contribution in [0.2, 0.25) is 5.02 Å². The molecule has 32 heavy (non-hydrogen) atoms. The topological polar surface area (TPSA) is 75.7 Å². The lowest BCUT2D eigenvalue weighted by Crippen LogP contribution is -2.15. The number of Topliss-reactive ketones (excluding diaryl/α,β-unsaturated/α-hetero) is 1. The lowest BCUT2D eigenvalue weighted by atomic mass is 9.93. The molecule has 3 aromatic rings. The monoisotopic (exact) mass is 449 g/mol. The number of aromatic nitrogens is 3. The summed E-state index contributed by atoms with van der Waals surface area (Å²) in [7, 11) is 0. The molecule has 166 valence electrons. The summed E-state index contributed by atoms with van der Waals surface area (Å²) in [6.45, 7) is 6.32. The molecule has 0 spiro atoms. The summed E-state index contributed by atoms with van der Waals surface area (Å²) in [5.74, 6) is 1.44. The molecule has 0 bridgehead atoms. The zero-order chi connectivity index (χ0) is 22.9. The minimum absolute atomic E-state index is 0.0768. The van der Waals surface area contributed by atoms with Crippen LogP contribution < -0.4 is 5.69 Å². The maximum atomic E-state index is 12.6. The Balaban J connectivity index is 1.63. The molecule has 4 rings (SSSR count). The Labute approximate surface area is 193 Å². The van der Waals surface area contributed by atoms with Gasteiger partial charge in [-0.3, -0.25) is 9.78 Å². The average molecular weight is 450 g/mol. The van der Waals surface area contributed by atoms with Crippen LogP contribution in [0.5, 0.6) is 0 Å². The van der Waals surface area contributed by atoms with E-state index < -0.39 is 5.69 Å². The molecule has 0 aliphatic heterocycles. The van der Waals surface area contributed by atoms with Crippen molar-refractivity contribution >= 4 is 17.4 Å². The molecule has 2 aromatic carbocycles. The third-order valence-corrected chi connectivity index (χ3v) is 6.84. The lowest BCUT2D eigenvalue weighted by Gasteiger charge is -2.12. The van der Waals surface area contributed by atoms with E-state index in [0.29, 0.717) is 46.8 Å². The van der Waals surface area contributed by atoms with Gasteiger partial charge in [0.1, 0.15) is 11.6 Å². The molecule has 0 saturated heterocycles. The number of H-pyrrole nitrogens is 1. The average Bonchev–Trinajstić information content (AvgIpc) is 3.59. The number of carbonyl (C=O) groups is 1. The van der Waals surface area contributed by atoms with E-state index in [1.165, 1.54) is 0 Å². The summed E-state index contributed by atoms with van der Waals surface area (Å²) in [5, 5.41) is 0.489. The molecule has 0 amide bonds. The number of nitrogens with zero attached hydrogens (tertiary/aromatic N) is 2. The van der Waals surface area contributed by atoms with E-state index >= 15 is 0 Å². The van der Waals surface area contributed by atoms with Gasteiger partial charge in [-0.2, -0.15) is 4.98 Å². The van der Waals surface area contributed by atoms with Gasteiger partial charge in [0, 0.05) is 23.0 Å². The zero-order valence-electron chi connectivity index (χ0n) is 18.7. The van der Waals surface area contributed by atoms with Gasteiger partial charge in [-0.25, -0.2) is 9.78 Å². The number of aryl methyl sites for hydroxylation is 1. The third kappa shape index (κ3) is 4.68. The van der Waals surface area contributed by atoms with Crippen LogP contribution in [-0.4, -0.2) is 20.7 Å². The first kappa shape index (κ1) is 22.4. The highest BCUT2D eigenvalue weighted by molar-refractivity contribution is 6.33. The van der Waals surface area contributed by atoms with E-state index in [4.69, 9.17) is 11.6 Å². The van der Waals surface area contributed by atoms with Gasteiger partial charge >= 0.3 is 5.69 Å². The normalized spacial score (nSPS) is 14.5. The summed E-state index contributed by atoms with van der Waals surface area (Å²) in [6, 6.07) is 13.5. The minimum Gasteiger partial charge on any atom is -0.299 e. The molecular formula is C26H28ClN3O2. The van der Waals surface area contributed by atoms with E-state index in [9.17, 15) is 9.59 Å². The Bertz CT molecular complexity index is 1210. The van der Waals surface area contributed by atoms with E-state index in [-0.39, 0.29) is 5.41 Å². The molecule has 1 N–H and O–H groups in total. The largest absolute Gasteiger partial charge is 0.348 e. The van der Waals surface area contributed by atoms with Crippen LogP contribution in [-0.2, 0) is 11.2 Å². The molecule has 0 atom stereocenters. The summed E-state index contributed by atoms with van der Waals surface area (Å²) in [6.07, 6.45) is 4.10. The molecule has 1 aromatic heterocycles. The Hall–Kier alpha value is -2.79. The first-order valence-corrected chi connectivity index (χ1v) is 11.6. The molecule has 1 fully saturated rings. The van der Waals surface area contributed by atoms with Crippen molar-refractivity contribution in [2.24, 2.45) is 5.41 Å². The molecule has 0 radical (unpaired) electrons. The smallest absolute Gasteiger partial charge is 0.299 e. The van der Waals surface area contributed by atoms with Gasteiger partial charge in [0.2, 0.25) is 0 Å². The maximum Gasteiger partial charge on any atom is 0.348 e. The van der Waals surface area contributed by atoms with Crippen molar-refractivity contribution in [1.29, 1.82) is 0 Å². The number of hydrogen-bond donors (Lipinski definition) is 1. The van der Waals surface area contributed by atoms with Crippen LogP contribution in [0.1, 0.15) is 63.5 Å². The quantitative estimate of drug-likeness (QED) is 0.459. The van der Waals surface area contributed by atoms with Gasteiger partial charge in [-0.05, 0) is 60.9 Å². The summed E-state index contributed by atoms with van der Waals surface area (Å²) < 4.78 is 0. The van der Waals surface area contributed by atoms with Crippen LogP contribution in [0.4, 0.5) is 0 Å². The fourth-order valence-corrected chi connectivity index (χ4v) is 4.30. The van der Waals surface area contributed by atoms with Gasteiger partial charge in [-0.1, -0.05) is 56.6 Å². The van der Waals surface area contributed by atoms with Gasteiger partial charge < -0.3 is 0 Å². The van der Waals surface area contributed by atoms with Gasteiger partial charge in [0.15, 0.2) is 5.82 Å². The SMILES string of the molecule is CCC1(C(=O)CCc2ccc(Cl)c(-c3nc(-c4cccc(C(C)C)c4)nc(=O)[nH]3)c2)CC1. The third-order valence-electron chi connectivity index (χ3n) is 6.51. The predicted molar refractivity (Wildman–Crippen MR) is 128 cm³/mol. The molecular weight excluding hydrogens is 422 g/mol. The van der Waals surface area contributed by atoms with E-state index in [1.54, 1.807) is 6.07 Å².